The van der Waals surface area contributed by atoms with Crippen molar-refractivity contribution < 1.29 is 14.3 Å². The van der Waals surface area contributed by atoms with Gasteiger partial charge in [-0.1, -0.05) is 49.2 Å². The number of thiophene rings is 1. The fourth-order valence-electron chi connectivity index (χ4n) is 5.23. The number of carbonyl (C=O) groups excluding carboxylic acids is 2. The Balaban J connectivity index is 1.49. The first-order valence-corrected chi connectivity index (χ1v) is 12.0. The Bertz CT molecular complexity index is 1140. The second kappa shape index (κ2) is 8.64. The van der Waals surface area contributed by atoms with E-state index in [1.54, 1.807) is 13.2 Å². The van der Waals surface area contributed by atoms with Crippen LogP contribution in [0.1, 0.15) is 52.6 Å². The lowest BCUT2D eigenvalue weighted by Crippen LogP contribution is -2.50. The van der Waals surface area contributed by atoms with Gasteiger partial charge in [-0.3, -0.25) is 9.59 Å². The highest BCUT2D eigenvalue weighted by atomic mass is 32.1. The average Bonchev–Trinajstić information content (AvgIpc) is 3.50. The van der Waals surface area contributed by atoms with Crippen molar-refractivity contribution in [3.63, 3.8) is 0 Å². The van der Waals surface area contributed by atoms with Gasteiger partial charge in [-0.05, 0) is 24.5 Å². The van der Waals surface area contributed by atoms with Gasteiger partial charge < -0.3 is 15.0 Å². The number of ether oxygens (including phenoxy) is 1. The number of pyridine rings is 1. The minimum Gasteiger partial charge on any atom is -0.370 e. The summed E-state index contributed by atoms with van der Waals surface area (Å²) in [6.07, 6.45) is 5.27. The molecule has 7 heteroatoms. The number of nitrogens with one attached hydrogen (secondary N) is 1. The molecule has 166 valence electrons. The summed E-state index contributed by atoms with van der Waals surface area (Å²) in [6, 6.07) is 14.1. The molecule has 1 aliphatic heterocycles. The molecule has 1 unspecified atom stereocenters. The molecule has 2 aliphatic rings. The Morgan fingerprint density at radius 1 is 1.16 bits per heavy atom. The number of hydrogen-bond donors (Lipinski definition) is 1. The van der Waals surface area contributed by atoms with Crippen molar-refractivity contribution in [3.8, 4) is 0 Å². The second-order valence-corrected chi connectivity index (χ2v) is 9.55. The summed E-state index contributed by atoms with van der Waals surface area (Å²) in [5.74, 6) is 0.0419. The van der Waals surface area contributed by atoms with Crippen LogP contribution in [-0.2, 0) is 14.9 Å². The highest BCUT2D eigenvalue weighted by Crippen LogP contribution is 2.44. The van der Waals surface area contributed by atoms with Gasteiger partial charge in [0.05, 0.1) is 18.6 Å². The molecule has 3 heterocycles. The highest BCUT2D eigenvalue weighted by molar-refractivity contribution is 7.20. The van der Waals surface area contributed by atoms with E-state index in [1.165, 1.54) is 11.3 Å². The number of aromatic nitrogens is 1. The molecule has 32 heavy (non-hydrogen) atoms. The maximum absolute atomic E-state index is 14.0. The maximum atomic E-state index is 14.0. The van der Waals surface area contributed by atoms with Gasteiger partial charge in [0.2, 0.25) is 5.91 Å². The molecule has 1 atom stereocenters. The first-order valence-electron chi connectivity index (χ1n) is 11.2. The van der Waals surface area contributed by atoms with E-state index in [0.29, 0.717) is 24.6 Å². The van der Waals surface area contributed by atoms with Crippen LogP contribution in [0.4, 0.5) is 0 Å². The molecule has 2 aromatic heterocycles. The summed E-state index contributed by atoms with van der Waals surface area (Å²) in [5, 5.41) is 3.66. The van der Waals surface area contributed by atoms with Crippen LogP contribution < -0.4 is 5.32 Å². The lowest BCUT2D eigenvalue weighted by molar-refractivity contribution is -0.145. The minimum absolute atomic E-state index is 0.147. The Morgan fingerprint density at radius 2 is 1.94 bits per heavy atom. The van der Waals surface area contributed by atoms with Gasteiger partial charge in [-0.25, -0.2) is 4.98 Å². The Hall–Kier alpha value is -2.77. The number of morpholine rings is 1. The molecule has 0 bridgehead atoms. The molecule has 1 saturated carbocycles. The molecule has 0 spiro atoms. The van der Waals surface area contributed by atoms with E-state index >= 15 is 0 Å². The molecule has 2 amide bonds. The summed E-state index contributed by atoms with van der Waals surface area (Å²) in [5.41, 5.74) is 1.50. The van der Waals surface area contributed by atoms with Crippen molar-refractivity contribution in [2.24, 2.45) is 0 Å². The van der Waals surface area contributed by atoms with Crippen molar-refractivity contribution in [2.45, 2.75) is 37.2 Å². The Labute approximate surface area is 191 Å². The third kappa shape index (κ3) is 3.49. The van der Waals surface area contributed by atoms with Gasteiger partial charge in [0, 0.05) is 30.7 Å². The van der Waals surface area contributed by atoms with E-state index in [1.807, 2.05) is 35.2 Å². The third-order valence-electron chi connectivity index (χ3n) is 6.81. The van der Waals surface area contributed by atoms with Crippen LogP contribution >= 0.6 is 11.3 Å². The van der Waals surface area contributed by atoms with Crippen LogP contribution in [0.15, 0.2) is 48.7 Å². The predicted octanol–water partition coefficient (Wildman–Crippen LogP) is 4.07. The van der Waals surface area contributed by atoms with Crippen LogP contribution in [0.5, 0.6) is 0 Å². The molecule has 1 saturated heterocycles. The molecular formula is C25H27N3O3S. The summed E-state index contributed by atoms with van der Waals surface area (Å²) < 4.78 is 6.15. The van der Waals surface area contributed by atoms with Crippen molar-refractivity contribution in [2.75, 3.05) is 26.7 Å². The van der Waals surface area contributed by atoms with Gasteiger partial charge in [0.15, 0.2) is 0 Å². The van der Waals surface area contributed by atoms with Crippen molar-refractivity contribution in [1.29, 1.82) is 0 Å². The van der Waals surface area contributed by atoms with Gasteiger partial charge in [0.1, 0.15) is 15.8 Å². The number of benzene rings is 1. The molecule has 0 radical (unpaired) electrons. The quantitative estimate of drug-likeness (QED) is 0.652. The smallest absolute Gasteiger partial charge is 0.261 e. The van der Waals surface area contributed by atoms with E-state index < -0.39 is 5.41 Å². The number of hydrogen-bond acceptors (Lipinski definition) is 5. The van der Waals surface area contributed by atoms with E-state index in [4.69, 9.17) is 4.74 Å². The lowest BCUT2D eigenvalue weighted by Gasteiger charge is -2.39. The van der Waals surface area contributed by atoms with Gasteiger partial charge >= 0.3 is 0 Å². The largest absolute Gasteiger partial charge is 0.370 e. The topological polar surface area (TPSA) is 71.5 Å². The van der Waals surface area contributed by atoms with Crippen LogP contribution in [0, 0.1) is 0 Å². The normalized spacial score (nSPS) is 20.4. The van der Waals surface area contributed by atoms with Crippen LogP contribution in [0.3, 0.4) is 0 Å². The first kappa shape index (κ1) is 21.1. The summed E-state index contributed by atoms with van der Waals surface area (Å²) in [4.78, 5) is 34.4. The molecule has 1 aromatic carbocycles. The number of amides is 2. The highest BCUT2D eigenvalue weighted by Gasteiger charge is 2.46. The number of rotatable bonds is 4. The summed E-state index contributed by atoms with van der Waals surface area (Å²) in [6.45, 7) is 1.46. The molecule has 6 nitrogen and oxygen atoms in total. The molecule has 1 N–H and O–H groups in total. The summed E-state index contributed by atoms with van der Waals surface area (Å²) >= 11 is 1.37. The van der Waals surface area contributed by atoms with Crippen LogP contribution in [0.2, 0.25) is 0 Å². The van der Waals surface area contributed by atoms with E-state index in [0.717, 1.165) is 47.0 Å². The second-order valence-electron chi connectivity index (χ2n) is 8.55. The molecule has 5 rings (SSSR count). The fraction of sp³-hybridized carbons (Fsp3) is 0.400. The Morgan fingerprint density at radius 3 is 2.69 bits per heavy atom. The average molecular weight is 450 g/mol. The maximum Gasteiger partial charge on any atom is 0.261 e. The zero-order valence-corrected chi connectivity index (χ0v) is 19.0. The van der Waals surface area contributed by atoms with Crippen LogP contribution in [0.25, 0.3) is 10.2 Å². The minimum atomic E-state index is -0.453. The van der Waals surface area contributed by atoms with Crippen molar-refractivity contribution >= 4 is 33.4 Å². The number of fused-ring (bicyclic) bond motifs is 1. The van der Waals surface area contributed by atoms with Crippen molar-refractivity contribution in [1.82, 2.24) is 15.2 Å². The number of nitrogens with zero attached hydrogens (tertiary/aromatic N) is 2. The Kier molecular flexibility index (Phi) is 5.69. The van der Waals surface area contributed by atoms with E-state index in [-0.39, 0.29) is 17.9 Å². The van der Waals surface area contributed by atoms with Crippen LogP contribution in [-0.4, -0.2) is 48.4 Å². The zero-order valence-electron chi connectivity index (χ0n) is 18.2. The molecule has 3 aromatic rings. The van der Waals surface area contributed by atoms with Gasteiger partial charge in [-0.15, -0.1) is 11.3 Å². The first-order chi connectivity index (χ1) is 15.6. The predicted molar refractivity (Wildman–Crippen MR) is 125 cm³/mol. The molecule has 1 aliphatic carbocycles. The van der Waals surface area contributed by atoms with Gasteiger partial charge in [-0.2, -0.15) is 0 Å². The van der Waals surface area contributed by atoms with E-state index in [9.17, 15) is 9.59 Å². The summed E-state index contributed by atoms with van der Waals surface area (Å²) in [7, 11) is 1.63. The molecular weight excluding hydrogens is 422 g/mol. The number of carbonyl (C=O) groups is 2. The standard InChI is InChI=1S/C25H27N3O3S/c1-26-22(29)21-20(18-10-7-13-27-23(18)32-21)19-16-28(14-15-31-19)24(30)25(11-5-6-12-25)17-8-3-2-4-9-17/h2-4,7-10,13,19H,5-6,11-12,14-16H2,1H3,(H,26,29). The van der Waals surface area contributed by atoms with Crippen molar-refractivity contribution in [3.05, 3.63) is 64.7 Å². The SMILES string of the molecule is CNC(=O)c1sc2ncccc2c1C1CN(C(=O)C2(c3ccccc3)CCCC2)CCO1. The molecule has 2 fully saturated rings. The zero-order chi connectivity index (χ0) is 22.1. The lowest BCUT2D eigenvalue weighted by atomic mass is 9.77. The fourth-order valence-corrected chi connectivity index (χ4v) is 6.37. The monoisotopic (exact) mass is 449 g/mol. The van der Waals surface area contributed by atoms with Gasteiger partial charge in [0.25, 0.3) is 5.91 Å². The third-order valence-corrected chi connectivity index (χ3v) is 7.93. The van der Waals surface area contributed by atoms with E-state index in [2.05, 4.69) is 22.4 Å².